The van der Waals surface area contributed by atoms with E-state index in [9.17, 15) is 9.18 Å². The molecule has 0 N–H and O–H groups in total. The maximum absolute atomic E-state index is 12.8. The van der Waals surface area contributed by atoms with Gasteiger partial charge in [-0.05, 0) is 24.0 Å². The van der Waals surface area contributed by atoms with Gasteiger partial charge in [-0.3, -0.25) is 4.79 Å². The predicted molar refractivity (Wildman–Crippen MR) is 69.3 cm³/mol. The van der Waals surface area contributed by atoms with E-state index in [1.54, 1.807) is 12.1 Å². The fourth-order valence-electron chi connectivity index (χ4n) is 1.42. The Balaban J connectivity index is 2.53. The number of carbonyl (C=O) groups is 1. The molecule has 0 amide bonds. The summed E-state index contributed by atoms with van der Waals surface area (Å²) >= 11 is 2.96. The van der Waals surface area contributed by atoms with Crippen LogP contribution in [-0.2, 0) is 0 Å². The van der Waals surface area contributed by atoms with E-state index in [1.165, 1.54) is 42.2 Å². The molecule has 0 unspecified atom stereocenters. The minimum atomic E-state index is -0.285. The van der Waals surface area contributed by atoms with Crippen LogP contribution in [0.2, 0.25) is 0 Å². The van der Waals surface area contributed by atoms with Crippen LogP contribution in [0.5, 0.6) is 0 Å². The molecule has 2 nitrogen and oxygen atoms in total. The van der Waals surface area contributed by atoms with Crippen molar-refractivity contribution in [1.82, 2.24) is 4.98 Å². The number of thiazole rings is 1. The number of Topliss-reactive ketones (excluding diaryl/α,β-unsaturated/α-hetero) is 1. The van der Waals surface area contributed by atoms with Crippen molar-refractivity contribution < 1.29 is 9.18 Å². The van der Waals surface area contributed by atoms with E-state index in [-0.39, 0.29) is 11.6 Å². The van der Waals surface area contributed by atoms with Crippen LogP contribution in [0.3, 0.4) is 0 Å². The van der Waals surface area contributed by atoms with Crippen LogP contribution in [0.25, 0.3) is 10.4 Å². The molecule has 0 aliphatic rings. The van der Waals surface area contributed by atoms with Crippen molar-refractivity contribution in [2.75, 3.05) is 6.26 Å². The molecule has 1 heterocycles. The summed E-state index contributed by atoms with van der Waals surface area (Å²) in [6.07, 6.45) is 1.91. The lowest BCUT2D eigenvalue weighted by molar-refractivity contribution is 0.101. The molecule has 0 saturated carbocycles. The molecule has 0 aliphatic carbocycles. The topological polar surface area (TPSA) is 30.0 Å². The van der Waals surface area contributed by atoms with Crippen molar-refractivity contribution in [3.8, 4) is 10.4 Å². The fraction of sp³-hybridized carbons (Fsp3) is 0.167. The lowest BCUT2D eigenvalue weighted by Crippen LogP contribution is -1.94. The number of nitrogens with zero attached hydrogens (tertiary/aromatic N) is 1. The van der Waals surface area contributed by atoms with E-state index in [4.69, 9.17) is 0 Å². The van der Waals surface area contributed by atoms with Crippen LogP contribution in [0, 0.1) is 5.82 Å². The molecule has 17 heavy (non-hydrogen) atoms. The van der Waals surface area contributed by atoms with Gasteiger partial charge >= 0.3 is 0 Å². The van der Waals surface area contributed by atoms with Gasteiger partial charge in [-0.15, -0.1) is 11.3 Å². The van der Waals surface area contributed by atoms with E-state index in [2.05, 4.69) is 4.98 Å². The van der Waals surface area contributed by atoms with Crippen LogP contribution < -0.4 is 0 Å². The summed E-state index contributed by atoms with van der Waals surface area (Å²) in [6.45, 7) is 1.49. The molecule has 2 rings (SSSR count). The van der Waals surface area contributed by atoms with Crippen molar-refractivity contribution in [2.24, 2.45) is 0 Å². The molecule has 0 aliphatic heterocycles. The number of thioether (sulfide) groups is 1. The Labute approximate surface area is 107 Å². The zero-order valence-corrected chi connectivity index (χ0v) is 11.0. The first-order valence-corrected chi connectivity index (χ1v) is 6.97. The summed E-state index contributed by atoms with van der Waals surface area (Å²) in [5, 5.41) is 0. The smallest absolute Gasteiger partial charge is 0.179 e. The van der Waals surface area contributed by atoms with Gasteiger partial charge in [0.1, 0.15) is 11.5 Å². The molecule has 0 radical (unpaired) electrons. The Bertz CT molecular complexity index is 548. The molecule has 88 valence electrons. The SMILES string of the molecule is CSc1nc(C(C)=O)c(-c2ccc(F)cc2)s1. The molecule has 1 aromatic heterocycles. The molecule has 0 fully saturated rings. The number of ketones is 1. The minimum absolute atomic E-state index is 0.0686. The van der Waals surface area contributed by atoms with Gasteiger partial charge in [0.05, 0.1) is 4.88 Å². The van der Waals surface area contributed by atoms with E-state index < -0.39 is 0 Å². The molecule has 2 aromatic rings. The van der Waals surface area contributed by atoms with Crippen LogP contribution in [0.15, 0.2) is 28.6 Å². The van der Waals surface area contributed by atoms with Crippen LogP contribution >= 0.6 is 23.1 Å². The van der Waals surface area contributed by atoms with Gasteiger partial charge in [0.2, 0.25) is 0 Å². The highest BCUT2D eigenvalue weighted by Crippen LogP contribution is 2.34. The zero-order chi connectivity index (χ0) is 12.4. The van der Waals surface area contributed by atoms with Crippen molar-refractivity contribution in [3.05, 3.63) is 35.8 Å². The molecule has 0 saturated heterocycles. The Hall–Kier alpha value is -1.20. The third-order valence-electron chi connectivity index (χ3n) is 2.22. The molecule has 0 atom stereocenters. The Kier molecular flexibility index (Phi) is 3.59. The number of carbonyl (C=O) groups excluding carboxylic acids is 1. The van der Waals surface area contributed by atoms with Crippen molar-refractivity contribution in [3.63, 3.8) is 0 Å². The highest BCUT2D eigenvalue weighted by atomic mass is 32.2. The quantitative estimate of drug-likeness (QED) is 0.624. The van der Waals surface area contributed by atoms with Gasteiger partial charge in [-0.1, -0.05) is 23.9 Å². The third-order valence-corrected chi connectivity index (χ3v) is 4.31. The first kappa shape index (κ1) is 12.3. The normalized spacial score (nSPS) is 10.5. The molecular formula is C12H10FNOS2. The van der Waals surface area contributed by atoms with Crippen molar-refractivity contribution >= 4 is 28.9 Å². The van der Waals surface area contributed by atoms with Crippen LogP contribution in [0.4, 0.5) is 4.39 Å². The number of hydrogen-bond donors (Lipinski definition) is 0. The van der Waals surface area contributed by atoms with Crippen LogP contribution in [-0.4, -0.2) is 17.0 Å². The lowest BCUT2D eigenvalue weighted by Gasteiger charge is -1.98. The summed E-state index contributed by atoms with van der Waals surface area (Å²) in [7, 11) is 0. The summed E-state index contributed by atoms with van der Waals surface area (Å²) in [6, 6.07) is 6.11. The van der Waals surface area contributed by atoms with Crippen LogP contribution in [0.1, 0.15) is 17.4 Å². The van der Waals surface area contributed by atoms with Gasteiger partial charge in [0, 0.05) is 6.92 Å². The largest absolute Gasteiger partial charge is 0.293 e. The van der Waals surface area contributed by atoms with Gasteiger partial charge in [-0.25, -0.2) is 9.37 Å². The Morgan fingerprint density at radius 2 is 2.00 bits per heavy atom. The number of halogens is 1. The van der Waals surface area contributed by atoms with Gasteiger partial charge < -0.3 is 0 Å². The minimum Gasteiger partial charge on any atom is -0.293 e. The van der Waals surface area contributed by atoms with E-state index in [0.29, 0.717) is 5.69 Å². The summed E-state index contributed by atoms with van der Waals surface area (Å²) in [5.41, 5.74) is 1.29. The molecule has 1 aromatic carbocycles. The van der Waals surface area contributed by atoms with E-state index in [0.717, 1.165) is 14.8 Å². The first-order valence-electron chi connectivity index (χ1n) is 4.93. The van der Waals surface area contributed by atoms with Gasteiger partial charge in [-0.2, -0.15) is 0 Å². The summed E-state index contributed by atoms with van der Waals surface area (Å²) in [4.78, 5) is 16.6. The Morgan fingerprint density at radius 1 is 1.35 bits per heavy atom. The second-order valence-electron chi connectivity index (χ2n) is 3.42. The molecule has 0 bridgehead atoms. The van der Waals surface area contributed by atoms with E-state index in [1.807, 2.05) is 6.26 Å². The standard InChI is InChI=1S/C12H10FNOS2/c1-7(15)10-11(17-12(14-10)16-2)8-3-5-9(13)6-4-8/h3-6H,1-2H3. The van der Waals surface area contributed by atoms with Gasteiger partial charge in [0.25, 0.3) is 0 Å². The third kappa shape index (κ3) is 2.56. The molecule has 5 heteroatoms. The lowest BCUT2D eigenvalue weighted by atomic mass is 10.1. The number of rotatable bonds is 3. The number of benzene rings is 1. The fourth-order valence-corrected chi connectivity index (χ4v) is 3.04. The second-order valence-corrected chi connectivity index (χ2v) is 5.48. The maximum Gasteiger partial charge on any atom is 0.179 e. The number of hydrogen-bond acceptors (Lipinski definition) is 4. The highest BCUT2D eigenvalue weighted by molar-refractivity contribution is 8.00. The first-order chi connectivity index (χ1) is 8.11. The van der Waals surface area contributed by atoms with Crippen molar-refractivity contribution in [1.29, 1.82) is 0 Å². The summed E-state index contributed by atoms with van der Waals surface area (Å²) < 4.78 is 13.7. The predicted octanol–water partition coefficient (Wildman–Crippen LogP) is 3.87. The maximum atomic E-state index is 12.8. The van der Waals surface area contributed by atoms with Gasteiger partial charge in [0.15, 0.2) is 10.1 Å². The highest BCUT2D eigenvalue weighted by Gasteiger charge is 2.16. The van der Waals surface area contributed by atoms with Crippen molar-refractivity contribution in [2.45, 2.75) is 11.3 Å². The number of aromatic nitrogens is 1. The second kappa shape index (κ2) is 4.98. The molecular weight excluding hydrogens is 257 g/mol. The zero-order valence-electron chi connectivity index (χ0n) is 9.36. The molecule has 0 spiro atoms. The Morgan fingerprint density at radius 3 is 2.53 bits per heavy atom. The average Bonchev–Trinajstić information content (AvgIpc) is 2.74. The average molecular weight is 267 g/mol. The monoisotopic (exact) mass is 267 g/mol. The summed E-state index contributed by atoms with van der Waals surface area (Å²) in [5.74, 6) is -0.353. The van der Waals surface area contributed by atoms with E-state index >= 15 is 0 Å².